The van der Waals surface area contributed by atoms with Gasteiger partial charge in [0.2, 0.25) is 0 Å². The molecule has 3 heterocycles. The molecule has 3 nitrogen and oxygen atoms in total. The predicted octanol–water partition coefficient (Wildman–Crippen LogP) is 5.01. The summed E-state index contributed by atoms with van der Waals surface area (Å²) in [5.41, 5.74) is 0.940. The number of hydrogen-bond acceptors (Lipinski definition) is 3. The van der Waals surface area contributed by atoms with Crippen LogP contribution >= 0.6 is 11.6 Å². The summed E-state index contributed by atoms with van der Waals surface area (Å²) in [4.78, 5) is 6.69. The Hall–Kier alpha value is -2.02. The first kappa shape index (κ1) is 17.8. The number of rotatable bonds is 1. The third-order valence-electron chi connectivity index (χ3n) is 4.29. The van der Waals surface area contributed by atoms with E-state index < -0.39 is 11.7 Å². The summed E-state index contributed by atoms with van der Waals surface area (Å²) in [5.74, 6) is 0.690. The molecule has 0 spiro atoms. The fraction of sp³-hybridized carbons (Fsp3) is 0.353. The van der Waals surface area contributed by atoms with Gasteiger partial charge in [0.25, 0.3) is 0 Å². The highest BCUT2D eigenvalue weighted by atomic mass is 35.5. The van der Waals surface area contributed by atoms with Crippen LogP contribution in [0, 0.1) is 0 Å². The van der Waals surface area contributed by atoms with Gasteiger partial charge in [0.1, 0.15) is 0 Å². The number of fused-ring (bicyclic) bond motifs is 4. The Morgan fingerprint density at radius 1 is 1.24 bits per heavy atom. The molecule has 0 aliphatic carbocycles. The first-order valence-electron chi connectivity index (χ1n) is 7.69. The normalized spacial score (nSPS) is 18.2. The fourth-order valence-electron chi connectivity index (χ4n) is 3.16. The van der Waals surface area contributed by atoms with Crippen LogP contribution in [0.25, 0.3) is 11.3 Å². The Bertz CT molecular complexity index is 779. The maximum atomic E-state index is 12.9. The Balaban J connectivity index is 0.000000880. The van der Waals surface area contributed by atoms with E-state index in [2.05, 4.69) is 15.2 Å². The van der Waals surface area contributed by atoms with Crippen molar-refractivity contribution in [3.05, 3.63) is 40.9 Å². The molecule has 0 amide bonds. The van der Waals surface area contributed by atoms with Gasteiger partial charge in [-0.15, -0.1) is 0 Å². The van der Waals surface area contributed by atoms with Gasteiger partial charge in [-0.2, -0.15) is 13.2 Å². The standard InChI is InChI=1S/C16H13ClF3N3.CH3F/c17-12-7-13-15(21-11-4-5-23(13)8-11)22-14(12)9-2-1-3-10(6-9)16(18,19)20;1-2/h1-3,6-7,11H,4-5,8H2,(H,21,22);1H3. The summed E-state index contributed by atoms with van der Waals surface area (Å²) in [5, 5.41) is 3.69. The maximum Gasteiger partial charge on any atom is 0.416 e. The van der Waals surface area contributed by atoms with E-state index in [4.69, 9.17) is 11.6 Å². The first-order valence-corrected chi connectivity index (χ1v) is 8.07. The smallest absolute Gasteiger partial charge is 0.366 e. The zero-order valence-corrected chi connectivity index (χ0v) is 14.1. The second kappa shape index (κ2) is 6.71. The van der Waals surface area contributed by atoms with Crippen LogP contribution in [0.3, 0.4) is 0 Å². The Kier molecular flexibility index (Phi) is 4.77. The third kappa shape index (κ3) is 3.38. The van der Waals surface area contributed by atoms with E-state index in [1.54, 1.807) is 12.1 Å². The van der Waals surface area contributed by atoms with Crippen LogP contribution in [0.5, 0.6) is 0 Å². The molecule has 25 heavy (non-hydrogen) atoms. The second-order valence-electron chi connectivity index (χ2n) is 5.84. The lowest BCUT2D eigenvalue weighted by Gasteiger charge is -2.28. The lowest BCUT2D eigenvalue weighted by atomic mass is 10.1. The fourth-order valence-corrected chi connectivity index (χ4v) is 3.42. The monoisotopic (exact) mass is 373 g/mol. The van der Waals surface area contributed by atoms with Crippen molar-refractivity contribution in [3.63, 3.8) is 0 Å². The van der Waals surface area contributed by atoms with Crippen LogP contribution in [-0.4, -0.2) is 31.3 Å². The van der Waals surface area contributed by atoms with E-state index in [1.165, 1.54) is 6.07 Å². The zero-order valence-electron chi connectivity index (χ0n) is 13.4. The Labute approximate surface area is 147 Å². The van der Waals surface area contributed by atoms with Crippen molar-refractivity contribution in [2.75, 3.05) is 30.5 Å². The minimum atomic E-state index is -4.39. The van der Waals surface area contributed by atoms with Crippen molar-refractivity contribution in [1.82, 2.24) is 4.98 Å². The average molecular weight is 374 g/mol. The molecule has 1 aromatic heterocycles. The Morgan fingerprint density at radius 2 is 2.00 bits per heavy atom. The van der Waals surface area contributed by atoms with Gasteiger partial charge in [0, 0.05) is 24.7 Å². The van der Waals surface area contributed by atoms with E-state index in [9.17, 15) is 17.6 Å². The number of benzene rings is 1. The topological polar surface area (TPSA) is 28.2 Å². The van der Waals surface area contributed by atoms with Crippen LogP contribution in [0.2, 0.25) is 5.02 Å². The largest absolute Gasteiger partial charge is 0.416 e. The minimum absolute atomic E-state index is 0.338. The molecule has 1 atom stereocenters. The average Bonchev–Trinajstić information content (AvgIpc) is 2.99. The highest BCUT2D eigenvalue weighted by molar-refractivity contribution is 6.33. The molecule has 1 saturated heterocycles. The number of anilines is 2. The van der Waals surface area contributed by atoms with E-state index in [0.29, 0.717) is 35.3 Å². The van der Waals surface area contributed by atoms with Crippen molar-refractivity contribution in [3.8, 4) is 11.3 Å². The number of aromatic nitrogens is 1. The van der Waals surface area contributed by atoms with Crippen LogP contribution in [0.1, 0.15) is 12.0 Å². The van der Waals surface area contributed by atoms with E-state index in [-0.39, 0.29) is 0 Å². The molecule has 1 fully saturated rings. The number of hydrogen-bond donors (Lipinski definition) is 1. The SMILES string of the molecule is CF.FC(F)(F)c1cccc(-c2nc3c(cc2Cl)N2CCC(C2)N3)c1. The number of nitrogens with zero attached hydrogens (tertiary/aromatic N) is 2. The molecular formula is C17H16ClF4N3. The van der Waals surface area contributed by atoms with Crippen molar-refractivity contribution in [2.24, 2.45) is 0 Å². The summed E-state index contributed by atoms with van der Waals surface area (Å²) < 4.78 is 48.2. The molecule has 2 aliphatic rings. The van der Waals surface area contributed by atoms with Gasteiger partial charge in [0.15, 0.2) is 5.82 Å². The molecule has 0 saturated carbocycles. The number of alkyl halides is 4. The van der Waals surface area contributed by atoms with Crippen molar-refractivity contribution in [2.45, 2.75) is 18.6 Å². The molecule has 134 valence electrons. The van der Waals surface area contributed by atoms with Crippen molar-refractivity contribution < 1.29 is 17.6 Å². The van der Waals surface area contributed by atoms with Gasteiger partial charge in [-0.25, -0.2) is 4.98 Å². The summed E-state index contributed by atoms with van der Waals surface area (Å²) in [6, 6.07) is 7.21. The highest BCUT2D eigenvalue weighted by Gasteiger charge is 2.33. The number of halogens is 5. The summed E-state index contributed by atoms with van der Waals surface area (Å²) in [7, 11) is 0.500. The highest BCUT2D eigenvalue weighted by Crippen LogP contribution is 2.40. The molecule has 1 unspecified atom stereocenters. The minimum Gasteiger partial charge on any atom is -0.366 e. The maximum absolute atomic E-state index is 12.9. The van der Waals surface area contributed by atoms with Crippen molar-refractivity contribution in [1.29, 1.82) is 0 Å². The molecule has 2 bridgehead atoms. The molecule has 8 heteroatoms. The summed E-state index contributed by atoms with van der Waals surface area (Å²) in [6.07, 6.45) is -3.37. The van der Waals surface area contributed by atoms with Crippen LogP contribution < -0.4 is 10.2 Å². The van der Waals surface area contributed by atoms with E-state index in [0.717, 1.165) is 37.3 Å². The van der Waals surface area contributed by atoms with Crippen molar-refractivity contribution >= 4 is 23.1 Å². The zero-order chi connectivity index (χ0) is 18.2. The molecule has 2 aliphatic heterocycles. The molecule has 0 radical (unpaired) electrons. The van der Waals surface area contributed by atoms with Crippen LogP contribution in [-0.2, 0) is 6.18 Å². The third-order valence-corrected chi connectivity index (χ3v) is 4.58. The van der Waals surface area contributed by atoms with Crippen LogP contribution in [0.4, 0.5) is 29.1 Å². The number of pyridine rings is 1. The molecule has 4 rings (SSSR count). The van der Waals surface area contributed by atoms with Gasteiger partial charge in [-0.1, -0.05) is 23.7 Å². The Morgan fingerprint density at radius 3 is 2.72 bits per heavy atom. The van der Waals surface area contributed by atoms with E-state index >= 15 is 0 Å². The van der Waals surface area contributed by atoms with Gasteiger partial charge in [-0.05, 0) is 24.6 Å². The van der Waals surface area contributed by atoms with Gasteiger partial charge in [-0.3, -0.25) is 4.39 Å². The second-order valence-corrected chi connectivity index (χ2v) is 6.25. The van der Waals surface area contributed by atoms with Gasteiger partial charge >= 0.3 is 6.18 Å². The van der Waals surface area contributed by atoms with Gasteiger partial charge < -0.3 is 10.2 Å². The van der Waals surface area contributed by atoms with Gasteiger partial charge in [0.05, 0.1) is 29.1 Å². The molecule has 2 aromatic rings. The van der Waals surface area contributed by atoms with Crippen LogP contribution in [0.15, 0.2) is 30.3 Å². The van der Waals surface area contributed by atoms with E-state index in [1.807, 2.05) is 0 Å². The summed E-state index contributed by atoms with van der Waals surface area (Å²) in [6.45, 7) is 1.85. The lowest BCUT2D eigenvalue weighted by Crippen LogP contribution is -2.32. The number of nitrogens with one attached hydrogen (secondary N) is 1. The predicted molar refractivity (Wildman–Crippen MR) is 91.0 cm³/mol. The molecule has 1 N–H and O–H groups in total. The molecular weight excluding hydrogens is 358 g/mol. The first-order chi connectivity index (χ1) is 11.9. The summed E-state index contributed by atoms with van der Waals surface area (Å²) >= 11 is 6.30. The quantitative estimate of drug-likeness (QED) is 0.712. The lowest BCUT2D eigenvalue weighted by molar-refractivity contribution is -0.137. The molecule has 1 aromatic carbocycles.